The zero-order valence-electron chi connectivity index (χ0n) is 11.8. The average Bonchev–Trinajstić information content (AvgIpc) is 2.45. The number of benzene rings is 1. The van der Waals surface area contributed by atoms with Gasteiger partial charge in [0.1, 0.15) is 11.8 Å². The summed E-state index contributed by atoms with van der Waals surface area (Å²) >= 11 is 0. The first-order valence-corrected chi connectivity index (χ1v) is 6.44. The van der Waals surface area contributed by atoms with Gasteiger partial charge in [-0.25, -0.2) is 4.79 Å². The van der Waals surface area contributed by atoms with Crippen LogP contribution in [-0.4, -0.2) is 43.6 Å². The first kappa shape index (κ1) is 16.9. The van der Waals surface area contributed by atoms with Crippen molar-refractivity contribution in [3.05, 3.63) is 29.8 Å². The molecule has 1 aromatic carbocycles. The first-order valence-electron chi connectivity index (χ1n) is 6.44. The Kier molecular flexibility index (Phi) is 7.20. The van der Waals surface area contributed by atoms with Crippen LogP contribution in [-0.2, 0) is 20.7 Å². The van der Waals surface area contributed by atoms with Crippen LogP contribution >= 0.6 is 0 Å². The van der Waals surface area contributed by atoms with Crippen molar-refractivity contribution in [2.75, 3.05) is 20.3 Å². The van der Waals surface area contributed by atoms with Gasteiger partial charge < -0.3 is 25.1 Å². The molecule has 1 rings (SSSR count). The molecule has 0 unspecified atom stereocenters. The van der Waals surface area contributed by atoms with Crippen LogP contribution in [0.25, 0.3) is 0 Å². The second kappa shape index (κ2) is 8.93. The molecular weight excluding hydrogens is 278 g/mol. The number of ether oxygens (including phenoxy) is 3. The molecule has 0 heterocycles. The highest BCUT2D eigenvalue weighted by molar-refractivity contribution is 5.73. The Hall–Kier alpha value is -2.12. The average molecular weight is 297 g/mol. The van der Waals surface area contributed by atoms with E-state index in [-0.39, 0.29) is 13.0 Å². The minimum Gasteiger partial charge on any atom is -0.480 e. The molecule has 3 N–H and O–H groups in total. The largest absolute Gasteiger partial charge is 0.513 e. The standard InChI is InChI=1S/C14H19NO6/c1-19-7-2-8-20-14(18)21-11-5-3-10(4-6-11)9-12(15)13(16)17/h3-6,12H,2,7-9,15H2,1H3,(H,16,17)/t12-/m0/s1. The molecule has 0 fully saturated rings. The van der Waals surface area contributed by atoms with Crippen LogP contribution in [0.4, 0.5) is 4.79 Å². The maximum Gasteiger partial charge on any atom is 0.513 e. The number of hydrogen-bond acceptors (Lipinski definition) is 6. The zero-order chi connectivity index (χ0) is 15.7. The van der Waals surface area contributed by atoms with E-state index in [0.717, 1.165) is 5.56 Å². The summed E-state index contributed by atoms with van der Waals surface area (Å²) in [5, 5.41) is 8.72. The lowest BCUT2D eigenvalue weighted by atomic mass is 10.1. The lowest BCUT2D eigenvalue weighted by molar-refractivity contribution is -0.138. The number of nitrogens with two attached hydrogens (primary N) is 1. The van der Waals surface area contributed by atoms with E-state index < -0.39 is 18.2 Å². The molecule has 0 saturated carbocycles. The zero-order valence-corrected chi connectivity index (χ0v) is 11.8. The fraction of sp³-hybridized carbons (Fsp3) is 0.429. The van der Waals surface area contributed by atoms with Gasteiger partial charge in [-0.15, -0.1) is 0 Å². The molecule has 21 heavy (non-hydrogen) atoms. The Labute approximate surface area is 122 Å². The van der Waals surface area contributed by atoms with Crippen molar-refractivity contribution in [2.24, 2.45) is 5.73 Å². The molecule has 0 spiro atoms. The molecule has 0 amide bonds. The third-order valence-corrected chi connectivity index (χ3v) is 2.61. The number of carbonyl (C=O) groups excluding carboxylic acids is 1. The monoisotopic (exact) mass is 297 g/mol. The second-order valence-corrected chi connectivity index (χ2v) is 4.34. The van der Waals surface area contributed by atoms with Crippen molar-refractivity contribution in [1.29, 1.82) is 0 Å². The number of aliphatic carboxylic acids is 1. The molecule has 0 aromatic heterocycles. The Morgan fingerprint density at radius 3 is 2.48 bits per heavy atom. The van der Waals surface area contributed by atoms with E-state index in [0.29, 0.717) is 18.8 Å². The van der Waals surface area contributed by atoms with E-state index in [2.05, 4.69) is 0 Å². The van der Waals surface area contributed by atoms with Gasteiger partial charge in [-0.05, 0) is 24.1 Å². The van der Waals surface area contributed by atoms with Gasteiger partial charge in [0.25, 0.3) is 0 Å². The highest BCUT2D eigenvalue weighted by Crippen LogP contribution is 2.14. The van der Waals surface area contributed by atoms with Crippen LogP contribution in [0.15, 0.2) is 24.3 Å². The Morgan fingerprint density at radius 2 is 1.90 bits per heavy atom. The van der Waals surface area contributed by atoms with Crippen LogP contribution in [0.5, 0.6) is 5.75 Å². The van der Waals surface area contributed by atoms with E-state index in [1.54, 1.807) is 31.4 Å². The summed E-state index contributed by atoms with van der Waals surface area (Å²) in [6.07, 6.45) is 0.00963. The van der Waals surface area contributed by atoms with Crippen molar-refractivity contribution in [2.45, 2.75) is 18.9 Å². The van der Waals surface area contributed by atoms with E-state index in [4.69, 9.17) is 25.1 Å². The van der Waals surface area contributed by atoms with Gasteiger partial charge in [0.15, 0.2) is 0 Å². The van der Waals surface area contributed by atoms with Gasteiger partial charge in [-0.3, -0.25) is 4.79 Å². The van der Waals surface area contributed by atoms with Crippen molar-refractivity contribution in [3.8, 4) is 5.75 Å². The van der Waals surface area contributed by atoms with Gasteiger partial charge in [0.05, 0.1) is 6.61 Å². The lowest BCUT2D eigenvalue weighted by Gasteiger charge is -2.08. The van der Waals surface area contributed by atoms with Gasteiger partial charge in [-0.2, -0.15) is 0 Å². The summed E-state index contributed by atoms with van der Waals surface area (Å²) in [7, 11) is 1.57. The molecule has 0 aliphatic heterocycles. The van der Waals surface area contributed by atoms with Crippen LogP contribution in [0.3, 0.4) is 0 Å². The number of hydrogen-bond donors (Lipinski definition) is 2. The van der Waals surface area contributed by atoms with Gasteiger partial charge in [0.2, 0.25) is 0 Å². The number of carbonyl (C=O) groups is 2. The second-order valence-electron chi connectivity index (χ2n) is 4.34. The first-order chi connectivity index (χ1) is 10.0. The Bertz CT molecular complexity index is 459. The van der Waals surface area contributed by atoms with Crippen LogP contribution in [0.1, 0.15) is 12.0 Å². The molecule has 0 aliphatic carbocycles. The summed E-state index contributed by atoms with van der Waals surface area (Å²) in [4.78, 5) is 22.0. The molecular formula is C14H19NO6. The summed E-state index contributed by atoms with van der Waals surface area (Å²) in [6, 6.07) is 5.45. The fourth-order valence-electron chi connectivity index (χ4n) is 1.52. The van der Waals surface area contributed by atoms with Crippen molar-refractivity contribution < 1.29 is 28.9 Å². The normalized spacial score (nSPS) is 11.7. The molecule has 116 valence electrons. The molecule has 1 atom stereocenters. The Morgan fingerprint density at radius 1 is 1.24 bits per heavy atom. The minimum atomic E-state index is -1.06. The van der Waals surface area contributed by atoms with E-state index in [1.165, 1.54) is 0 Å². The predicted octanol–water partition coefficient (Wildman–Crippen LogP) is 1.19. The predicted molar refractivity (Wildman–Crippen MR) is 74.2 cm³/mol. The highest BCUT2D eigenvalue weighted by atomic mass is 16.7. The Balaban J connectivity index is 2.40. The smallest absolute Gasteiger partial charge is 0.480 e. The highest BCUT2D eigenvalue weighted by Gasteiger charge is 2.12. The van der Waals surface area contributed by atoms with Gasteiger partial charge in [0, 0.05) is 20.1 Å². The fourth-order valence-corrected chi connectivity index (χ4v) is 1.52. The number of methoxy groups -OCH3 is 1. The van der Waals surface area contributed by atoms with Crippen molar-refractivity contribution >= 4 is 12.1 Å². The van der Waals surface area contributed by atoms with Crippen LogP contribution < -0.4 is 10.5 Å². The third kappa shape index (κ3) is 6.73. The van der Waals surface area contributed by atoms with E-state index >= 15 is 0 Å². The molecule has 0 bridgehead atoms. The quantitative estimate of drug-likeness (QED) is 0.421. The van der Waals surface area contributed by atoms with E-state index in [1.807, 2.05) is 0 Å². The molecule has 0 radical (unpaired) electrons. The summed E-state index contributed by atoms with van der Waals surface area (Å²) in [5.41, 5.74) is 6.17. The third-order valence-electron chi connectivity index (χ3n) is 2.61. The van der Waals surface area contributed by atoms with Crippen LogP contribution in [0, 0.1) is 0 Å². The van der Waals surface area contributed by atoms with E-state index in [9.17, 15) is 9.59 Å². The molecule has 7 heteroatoms. The lowest BCUT2D eigenvalue weighted by Crippen LogP contribution is -2.32. The summed E-state index contributed by atoms with van der Waals surface area (Å²) < 4.78 is 14.6. The molecule has 0 aliphatic rings. The maximum absolute atomic E-state index is 11.3. The van der Waals surface area contributed by atoms with Crippen molar-refractivity contribution in [3.63, 3.8) is 0 Å². The molecule has 0 saturated heterocycles. The number of rotatable bonds is 8. The number of carboxylic acid groups (broad SMARTS) is 1. The van der Waals surface area contributed by atoms with Crippen LogP contribution in [0.2, 0.25) is 0 Å². The number of carboxylic acids is 1. The van der Waals surface area contributed by atoms with Crippen molar-refractivity contribution in [1.82, 2.24) is 0 Å². The SMILES string of the molecule is COCCCOC(=O)Oc1ccc(C[C@H](N)C(=O)O)cc1. The van der Waals surface area contributed by atoms with Gasteiger partial charge >= 0.3 is 12.1 Å². The topological polar surface area (TPSA) is 108 Å². The summed E-state index contributed by atoms with van der Waals surface area (Å²) in [5.74, 6) is -0.741. The minimum absolute atomic E-state index is 0.205. The molecule has 1 aromatic rings. The maximum atomic E-state index is 11.3. The summed E-state index contributed by atoms with van der Waals surface area (Å²) in [6.45, 7) is 0.726. The van der Waals surface area contributed by atoms with Gasteiger partial charge in [-0.1, -0.05) is 12.1 Å². The molecule has 7 nitrogen and oxygen atoms in total.